The molecule has 2 aromatic carbocycles. The molecule has 2 aromatic rings. The lowest BCUT2D eigenvalue weighted by Crippen LogP contribution is -2.18. The van der Waals surface area contributed by atoms with Gasteiger partial charge in [-0.15, -0.1) is 0 Å². The van der Waals surface area contributed by atoms with Crippen LogP contribution in [0.25, 0.3) is 6.08 Å². The maximum absolute atomic E-state index is 12.3. The average molecular weight is 540 g/mol. The lowest BCUT2D eigenvalue weighted by atomic mass is 10.1. The van der Waals surface area contributed by atoms with Gasteiger partial charge in [0.25, 0.3) is 0 Å². The van der Waals surface area contributed by atoms with Crippen molar-refractivity contribution in [1.29, 1.82) is 5.26 Å². The van der Waals surface area contributed by atoms with Crippen LogP contribution in [0.2, 0.25) is 25.1 Å². The Morgan fingerprint density at radius 2 is 1.56 bits per heavy atom. The van der Waals surface area contributed by atoms with Gasteiger partial charge in [-0.25, -0.2) is 9.59 Å². The quantitative estimate of drug-likeness (QED) is 0.106. The minimum atomic E-state index is -0.826. The number of hydrogen-bond donors (Lipinski definition) is 0. The highest BCUT2D eigenvalue weighted by molar-refractivity contribution is 6.55. The molecule has 0 radical (unpaired) electrons. The van der Waals surface area contributed by atoms with E-state index in [0.717, 1.165) is 7.11 Å². The summed E-state index contributed by atoms with van der Waals surface area (Å²) in [6, 6.07) is 6.09. The third-order valence-corrected chi connectivity index (χ3v) is 5.99. The third kappa shape index (κ3) is 5.91. The van der Waals surface area contributed by atoms with Crippen molar-refractivity contribution in [2.45, 2.75) is 0 Å². The number of methoxy groups -OCH3 is 2. The number of halogens is 5. The normalized spacial score (nSPS) is 10.9. The first kappa shape index (κ1) is 25.9. The van der Waals surface area contributed by atoms with Crippen molar-refractivity contribution in [3.63, 3.8) is 0 Å². The van der Waals surface area contributed by atoms with E-state index in [1.54, 1.807) is 6.07 Å². The molecule has 0 heterocycles. The summed E-state index contributed by atoms with van der Waals surface area (Å²) in [5.41, 5.74) is 0.214. The van der Waals surface area contributed by atoms with Gasteiger partial charge >= 0.3 is 11.9 Å². The van der Waals surface area contributed by atoms with E-state index < -0.39 is 18.5 Å². The molecule has 0 N–H and O–H groups in total. The zero-order valence-corrected chi connectivity index (χ0v) is 20.1. The Kier molecular flexibility index (Phi) is 9.32. The summed E-state index contributed by atoms with van der Waals surface area (Å²) >= 11 is 29.9. The van der Waals surface area contributed by atoms with E-state index in [1.807, 2.05) is 0 Å². The maximum Gasteiger partial charge on any atom is 0.349 e. The van der Waals surface area contributed by atoms with Gasteiger partial charge in [-0.2, -0.15) is 5.26 Å². The number of hydrogen-bond acceptors (Lipinski definition) is 7. The molecule has 0 saturated heterocycles. The number of carbonyl (C=O) groups is 2. The number of carbonyl (C=O) groups excluding carboxylic acids is 2. The van der Waals surface area contributed by atoms with Gasteiger partial charge < -0.3 is 18.9 Å². The second-order valence-corrected chi connectivity index (χ2v) is 7.62. The van der Waals surface area contributed by atoms with Crippen LogP contribution in [-0.2, 0) is 14.3 Å². The van der Waals surface area contributed by atoms with Crippen LogP contribution in [0.1, 0.15) is 5.56 Å². The second-order valence-electron chi connectivity index (χ2n) is 5.73. The van der Waals surface area contributed by atoms with Gasteiger partial charge in [0.05, 0.1) is 29.3 Å². The summed E-state index contributed by atoms with van der Waals surface area (Å²) in [5, 5.41) is 8.60. The number of nitriles is 1. The van der Waals surface area contributed by atoms with Gasteiger partial charge in [0.2, 0.25) is 0 Å². The van der Waals surface area contributed by atoms with Gasteiger partial charge in [0.15, 0.2) is 23.9 Å². The van der Waals surface area contributed by atoms with Crippen molar-refractivity contribution < 1.29 is 28.5 Å². The fourth-order valence-corrected chi connectivity index (χ4v) is 3.50. The molecule has 0 aromatic heterocycles. The van der Waals surface area contributed by atoms with Crippen LogP contribution in [0.5, 0.6) is 17.2 Å². The van der Waals surface area contributed by atoms with Gasteiger partial charge in [-0.1, -0.05) is 64.1 Å². The highest BCUT2D eigenvalue weighted by atomic mass is 35.5. The third-order valence-electron chi connectivity index (χ3n) is 3.75. The minimum Gasteiger partial charge on any atom is -0.493 e. The zero-order valence-electron chi connectivity index (χ0n) is 16.3. The summed E-state index contributed by atoms with van der Waals surface area (Å²) in [5.74, 6) is -1.54. The zero-order chi connectivity index (χ0) is 24.0. The van der Waals surface area contributed by atoms with E-state index >= 15 is 0 Å². The predicted octanol–water partition coefficient (Wildman–Crippen LogP) is 6.03. The van der Waals surface area contributed by atoms with E-state index in [2.05, 4.69) is 4.74 Å². The van der Waals surface area contributed by atoms with Crippen LogP contribution in [0.3, 0.4) is 0 Å². The molecular formula is C20H12Cl5NO6. The molecule has 0 fully saturated rings. The van der Waals surface area contributed by atoms with Crippen LogP contribution in [0.15, 0.2) is 23.8 Å². The largest absolute Gasteiger partial charge is 0.493 e. The van der Waals surface area contributed by atoms with Crippen LogP contribution < -0.4 is 14.2 Å². The lowest BCUT2D eigenvalue weighted by molar-refractivity contribution is -0.137. The fourth-order valence-electron chi connectivity index (χ4n) is 2.27. The van der Waals surface area contributed by atoms with Crippen LogP contribution in [-0.4, -0.2) is 32.8 Å². The van der Waals surface area contributed by atoms with Gasteiger partial charge in [0.1, 0.15) is 21.7 Å². The standard InChI is InChI=1S/C20H12Cl5NO6/c1-29-12-6-9(5-10(7-26)20(28)30-2)3-4-11(12)32-13(27)8-31-19-17(24)15(22)14(21)16(23)18(19)25/h3-6H,8H2,1-2H3/b10-5+. The predicted molar refractivity (Wildman–Crippen MR) is 121 cm³/mol. The molecule has 0 atom stereocenters. The molecule has 0 bridgehead atoms. The molecule has 0 aliphatic rings. The Labute approximate surface area is 207 Å². The first-order valence-electron chi connectivity index (χ1n) is 8.37. The Morgan fingerprint density at radius 3 is 2.09 bits per heavy atom. The molecule has 0 amide bonds. The van der Waals surface area contributed by atoms with Gasteiger partial charge in [0, 0.05) is 0 Å². The molecule has 2 rings (SSSR count). The Bertz CT molecular complexity index is 1110. The second kappa shape index (κ2) is 11.5. The Morgan fingerprint density at radius 1 is 0.969 bits per heavy atom. The monoisotopic (exact) mass is 537 g/mol. The number of benzene rings is 2. The number of esters is 2. The summed E-state index contributed by atoms with van der Waals surface area (Å²) in [6.45, 7) is -0.598. The van der Waals surface area contributed by atoms with E-state index in [-0.39, 0.29) is 47.9 Å². The van der Waals surface area contributed by atoms with E-state index in [4.69, 9.17) is 77.5 Å². The van der Waals surface area contributed by atoms with Crippen molar-refractivity contribution in [3.05, 3.63) is 54.4 Å². The fraction of sp³-hybridized carbons (Fsp3) is 0.150. The van der Waals surface area contributed by atoms with E-state index in [9.17, 15) is 9.59 Å². The number of nitrogens with zero attached hydrogens (tertiary/aromatic N) is 1. The average Bonchev–Trinajstić information content (AvgIpc) is 2.80. The lowest BCUT2D eigenvalue weighted by Gasteiger charge is -2.14. The van der Waals surface area contributed by atoms with Crippen molar-refractivity contribution in [3.8, 4) is 23.3 Å². The summed E-state index contributed by atoms with van der Waals surface area (Å²) < 4.78 is 20.3. The van der Waals surface area contributed by atoms with E-state index in [0.29, 0.717) is 5.56 Å². The first-order valence-corrected chi connectivity index (χ1v) is 10.3. The molecule has 0 spiro atoms. The highest BCUT2D eigenvalue weighted by Gasteiger charge is 2.22. The minimum absolute atomic E-state index is 0.0520. The van der Waals surface area contributed by atoms with Crippen LogP contribution in [0, 0.1) is 11.3 Å². The van der Waals surface area contributed by atoms with Crippen molar-refractivity contribution in [2.24, 2.45) is 0 Å². The number of rotatable bonds is 7. The summed E-state index contributed by atoms with van der Waals surface area (Å²) in [4.78, 5) is 23.8. The summed E-state index contributed by atoms with van der Waals surface area (Å²) in [6.07, 6.45) is 1.29. The molecule has 0 aliphatic heterocycles. The van der Waals surface area contributed by atoms with Crippen molar-refractivity contribution in [2.75, 3.05) is 20.8 Å². The molecule has 168 valence electrons. The SMILES string of the molecule is COC(=O)/C(C#N)=C/c1ccc(OC(=O)COc2c(Cl)c(Cl)c(Cl)c(Cl)c2Cl)c(OC)c1. The number of ether oxygens (including phenoxy) is 4. The molecule has 0 aliphatic carbocycles. The Balaban J connectivity index is 2.19. The van der Waals surface area contributed by atoms with Crippen molar-refractivity contribution >= 4 is 76.0 Å². The molecular weight excluding hydrogens is 527 g/mol. The highest BCUT2D eigenvalue weighted by Crippen LogP contribution is 2.48. The first-order chi connectivity index (χ1) is 15.1. The Hall–Kier alpha value is -2.34. The van der Waals surface area contributed by atoms with E-state index in [1.165, 1.54) is 31.4 Å². The molecule has 7 nitrogen and oxygen atoms in total. The topological polar surface area (TPSA) is 94.9 Å². The van der Waals surface area contributed by atoms with Crippen LogP contribution in [0.4, 0.5) is 0 Å². The molecule has 0 saturated carbocycles. The molecule has 32 heavy (non-hydrogen) atoms. The maximum atomic E-state index is 12.3. The van der Waals surface area contributed by atoms with Gasteiger partial charge in [-0.05, 0) is 23.8 Å². The van der Waals surface area contributed by atoms with Crippen LogP contribution >= 0.6 is 58.0 Å². The molecule has 0 unspecified atom stereocenters. The smallest absolute Gasteiger partial charge is 0.349 e. The van der Waals surface area contributed by atoms with Crippen molar-refractivity contribution in [1.82, 2.24) is 0 Å². The van der Waals surface area contributed by atoms with Gasteiger partial charge in [-0.3, -0.25) is 0 Å². The molecule has 12 heteroatoms. The summed E-state index contributed by atoms with van der Waals surface area (Å²) in [7, 11) is 2.50.